The Hall–Kier alpha value is -1.91. The van der Waals surface area contributed by atoms with Crippen LogP contribution in [0.2, 0.25) is 0 Å². The van der Waals surface area contributed by atoms with Gasteiger partial charge in [0.2, 0.25) is 0 Å². The fourth-order valence-electron chi connectivity index (χ4n) is 2.11. The van der Waals surface area contributed by atoms with Crippen molar-refractivity contribution in [1.29, 1.82) is 0 Å². The molecule has 0 amide bonds. The molecule has 0 fully saturated rings. The number of aromatic nitrogens is 1. The summed E-state index contributed by atoms with van der Waals surface area (Å²) in [6.45, 7) is 3.06. The lowest BCUT2D eigenvalue weighted by molar-refractivity contribution is 0.186. The normalized spacial score (nSPS) is 12.3. The highest BCUT2D eigenvalue weighted by molar-refractivity contribution is 5.31. The molecule has 1 aromatic carbocycles. The van der Waals surface area contributed by atoms with E-state index in [1.54, 1.807) is 23.9 Å². The van der Waals surface area contributed by atoms with Crippen LogP contribution in [0, 0.1) is 6.92 Å². The Morgan fingerprint density at radius 2 is 1.95 bits per heavy atom. The third kappa shape index (κ3) is 3.15. The SMILES string of the molecule is COCCn1cccc(C(N)c2ccc(C)cc2)c1=O. The van der Waals surface area contributed by atoms with E-state index in [1.165, 1.54) is 5.56 Å². The zero-order valence-electron chi connectivity index (χ0n) is 11.9. The average molecular weight is 272 g/mol. The molecular weight excluding hydrogens is 252 g/mol. The summed E-state index contributed by atoms with van der Waals surface area (Å²) in [4.78, 5) is 12.4. The first-order valence-corrected chi connectivity index (χ1v) is 6.64. The number of hydrogen-bond donors (Lipinski definition) is 1. The van der Waals surface area contributed by atoms with Crippen LogP contribution in [-0.4, -0.2) is 18.3 Å². The summed E-state index contributed by atoms with van der Waals surface area (Å²) >= 11 is 0. The van der Waals surface area contributed by atoms with Crippen LogP contribution in [0.3, 0.4) is 0 Å². The molecule has 2 rings (SSSR count). The van der Waals surface area contributed by atoms with Crippen molar-refractivity contribution in [1.82, 2.24) is 4.57 Å². The zero-order chi connectivity index (χ0) is 14.5. The summed E-state index contributed by atoms with van der Waals surface area (Å²) in [5, 5.41) is 0. The Labute approximate surface area is 118 Å². The van der Waals surface area contributed by atoms with Gasteiger partial charge in [0.05, 0.1) is 12.6 Å². The summed E-state index contributed by atoms with van der Waals surface area (Å²) in [6.07, 6.45) is 1.76. The van der Waals surface area contributed by atoms with Crippen molar-refractivity contribution in [3.8, 4) is 0 Å². The molecule has 4 nitrogen and oxygen atoms in total. The molecular formula is C16H20N2O2. The van der Waals surface area contributed by atoms with Crippen LogP contribution >= 0.6 is 0 Å². The third-order valence-electron chi connectivity index (χ3n) is 3.36. The van der Waals surface area contributed by atoms with Crippen LogP contribution in [0.1, 0.15) is 22.7 Å². The molecule has 0 radical (unpaired) electrons. The smallest absolute Gasteiger partial charge is 0.255 e. The number of aryl methyl sites for hydroxylation is 1. The van der Waals surface area contributed by atoms with E-state index < -0.39 is 6.04 Å². The van der Waals surface area contributed by atoms with Gasteiger partial charge < -0.3 is 15.0 Å². The highest BCUT2D eigenvalue weighted by Gasteiger charge is 2.13. The van der Waals surface area contributed by atoms with Crippen molar-refractivity contribution in [3.05, 3.63) is 69.6 Å². The molecule has 0 aliphatic rings. The minimum absolute atomic E-state index is 0.0578. The molecule has 1 heterocycles. The van der Waals surface area contributed by atoms with E-state index >= 15 is 0 Å². The number of ether oxygens (including phenoxy) is 1. The van der Waals surface area contributed by atoms with Crippen LogP contribution in [-0.2, 0) is 11.3 Å². The van der Waals surface area contributed by atoms with Crippen LogP contribution in [0.25, 0.3) is 0 Å². The fraction of sp³-hybridized carbons (Fsp3) is 0.312. The molecule has 1 atom stereocenters. The van der Waals surface area contributed by atoms with Gasteiger partial charge in [-0.25, -0.2) is 0 Å². The van der Waals surface area contributed by atoms with Gasteiger partial charge in [-0.2, -0.15) is 0 Å². The third-order valence-corrected chi connectivity index (χ3v) is 3.36. The number of pyridine rings is 1. The highest BCUT2D eigenvalue weighted by Crippen LogP contribution is 2.17. The quantitative estimate of drug-likeness (QED) is 0.903. The van der Waals surface area contributed by atoms with Gasteiger partial charge in [-0.15, -0.1) is 0 Å². The molecule has 0 saturated heterocycles. The van der Waals surface area contributed by atoms with E-state index in [0.717, 1.165) is 5.56 Å². The van der Waals surface area contributed by atoms with Crippen molar-refractivity contribution < 1.29 is 4.74 Å². The van der Waals surface area contributed by atoms with Gasteiger partial charge in [0.25, 0.3) is 5.56 Å². The molecule has 0 aliphatic heterocycles. The van der Waals surface area contributed by atoms with E-state index in [4.69, 9.17) is 10.5 Å². The number of benzene rings is 1. The number of nitrogens with two attached hydrogens (primary N) is 1. The van der Waals surface area contributed by atoms with Gasteiger partial charge >= 0.3 is 0 Å². The lowest BCUT2D eigenvalue weighted by atomic mass is 10.00. The molecule has 0 saturated carbocycles. The Kier molecular flexibility index (Phi) is 4.71. The molecule has 2 N–H and O–H groups in total. The summed E-state index contributed by atoms with van der Waals surface area (Å²) in [6, 6.07) is 11.2. The van der Waals surface area contributed by atoms with Crippen LogP contribution in [0.5, 0.6) is 0 Å². The second-order valence-electron chi connectivity index (χ2n) is 4.84. The minimum Gasteiger partial charge on any atom is -0.383 e. The summed E-state index contributed by atoms with van der Waals surface area (Å²) in [5.41, 5.74) is 8.88. The first kappa shape index (κ1) is 14.5. The average Bonchev–Trinajstić information content (AvgIpc) is 2.46. The first-order chi connectivity index (χ1) is 9.63. The maximum atomic E-state index is 12.4. The van der Waals surface area contributed by atoms with E-state index in [2.05, 4.69) is 0 Å². The molecule has 20 heavy (non-hydrogen) atoms. The van der Waals surface area contributed by atoms with Crippen molar-refractivity contribution >= 4 is 0 Å². The van der Waals surface area contributed by atoms with Gasteiger partial charge in [0.1, 0.15) is 0 Å². The maximum Gasteiger partial charge on any atom is 0.255 e. The number of nitrogens with zero attached hydrogens (tertiary/aromatic N) is 1. The second-order valence-corrected chi connectivity index (χ2v) is 4.84. The van der Waals surface area contributed by atoms with E-state index in [1.807, 2.05) is 37.3 Å². The fourth-order valence-corrected chi connectivity index (χ4v) is 2.11. The predicted octanol–water partition coefficient (Wildman–Crippen LogP) is 1.85. The van der Waals surface area contributed by atoms with E-state index in [0.29, 0.717) is 18.7 Å². The topological polar surface area (TPSA) is 57.2 Å². The van der Waals surface area contributed by atoms with Crippen LogP contribution in [0.15, 0.2) is 47.4 Å². The molecule has 0 bridgehead atoms. The number of rotatable bonds is 5. The minimum atomic E-state index is -0.405. The van der Waals surface area contributed by atoms with Crippen LogP contribution < -0.4 is 11.3 Å². The van der Waals surface area contributed by atoms with Crippen molar-refractivity contribution in [2.45, 2.75) is 19.5 Å². The molecule has 1 unspecified atom stereocenters. The monoisotopic (exact) mass is 272 g/mol. The van der Waals surface area contributed by atoms with Crippen molar-refractivity contribution in [2.24, 2.45) is 5.73 Å². The van der Waals surface area contributed by atoms with Gasteiger partial charge in [-0.3, -0.25) is 4.79 Å². The largest absolute Gasteiger partial charge is 0.383 e. The second kappa shape index (κ2) is 6.50. The summed E-state index contributed by atoms with van der Waals surface area (Å²) in [5.74, 6) is 0. The lowest BCUT2D eigenvalue weighted by Gasteiger charge is -2.14. The number of methoxy groups -OCH3 is 1. The highest BCUT2D eigenvalue weighted by atomic mass is 16.5. The van der Waals surface area contributed by atoms with Gasteiger partial charge in [0, 0.05) is 25.4 Å². The van der Waals surface area contributed by atoms with E-state index in [9.17, 15) is 4.79 Å². The van der Waals surface area contributed by atoms with Crippen LogP contribution in [0.4, 0.5) is 0 Å². The van der Waals surface area contributed by atoms with E-state index in [-0.39, 0.29) is 5.56 Å². The zero-order valence-corrected chi connectivity index (χ0v) is 11.9. The Bertz CT molecular complexity index is 617. The maximum absolute atomic E-state index is 12.4. The Balaban J connectivity index is 2.32. The van der Waals surface area contributed by atoms with Gasteiger partial charge in [-0.1, -0.05) is 35.9 Å². The van der Waals surface area contributed by atoms with Crippen molar-refractivity contribution in [2.75, 3.05) is 13.7 Å². The van der Waals surface area contributed by atoms with Gasteiger partial charge in [0.15, 0.2) is 0 Å². The standard InChI is InChI=1S/C16H20N2O2/c1-12-5-7-13(8-6-12)15(17)14-4-3-9-18(16(14)19)10-11-20-2/h3-9,15H,10-11,17H2,1-2H3. The van der Waals surface area contributed by atoms with Crippen molar-refractivity contribution in [3.63, 3.8) is 0 Å². The lowest BCUT2D eigenvalue weighted by Crippen LogP contribution is -2.29. The molecule has 0 spiro atoms. The predicted molar refractivity (Wildman–Crippen MR) is 79.8 cm³/mol. The first-order valence-electron chi connectivity index (χ1n) is 6.64. The molecule has 2 aromatic rings. The summed E-state index contributed by atoms with van der Waals surface area (Å²) in [7, 11) is 1.62. The van der Waals surface area contributed by atoms with Gasteiger partial charge in [-0.05, 0) is 18.6 Å². The number of hydrogen-bond acceptors (Lipinski definition) is 3. The molecule has 1 aromatic heterocycles. The molecule has 4 heteroatoms. The molecule has 106 valence electrons. The summed E-state index contributed by atoms with van der Waals surface area (Å²) < 4.78 is 6.64. The molecule has 0 aliphatic carbocycles. The Morgan fingerprint density at radius 1 is 1.25 bits per heavy atom. The Morgan fingerprint density at radius 3 is 2.60 bits per heavy atom.